The lowest BCUT2D eigenvalue weighted by atomic mass is 10.2. The largest absolute Gasteiger partial charge is 0.383 e. The molecular formula is C14H27N5O. The first-order chi connectivity index (χ1) is 9.74. The molecule has 1 unspecified atom stereocenters. The first-order valence-electron chi connectivity index (χ1n) is 7.51. The lowest BCUT2D eigenvalue weighted by Crippen LogP contribution is -2.39. The minimum Gasteiger partial charge on any atom is -0.383 e. The number of hydrogen-bond acceptors (Lipinski definition) is 5. The molecule has 0 bridgehead atoms. The molecule has 0 aliphatic heterocycles. The Morgan fingerprint density at radius 2 is 2.30 bits per heavy atom. The van der Waals surface area contributed by atoms with Crippen molar-refractivity contribution in [3.05, 3.63) is 11.9 Å². The van der Waals surface area contributed by atoms with E-state index in [2.05, 4.69) is 27.5 Å². The molecular weight excluding hydrogens is 254 g/mol. The van der Waals surface area contributed by atoms with E-state index >= 15 is 0 Å². The highest BCUT2D eigenvalue weighted by molar-refractivity contribution is 4.91. The molecule has 1 N–H and O–H groups in total. The molecule has 2 rings (SSSR count). The number of methoxy groups -OCH3 is 1. The highest BCUT2D eigenvalue weighted by Gasteiger charge is 2.31. The summed E-state index contributed by atoms with van der Waals surface area (Å²) >= 11 is 0. The molecule has 1 saturated carbocycles. The van der Waals surface area contributed by atoms with E-state index in [0.717, 1.165) is 44.4 Å². The maximum Gasteiger partial charge on any atom is 0.0964 e. The van der Waals surface area contributed by atoms with Gasteiger partial charge >= 0.3 is 0 Å². The van der Waals surface area contributed by atoms with Gasteiger partial charge < -0.3 is 10.1 Å². The van der Waals surface area contributed by atoms with Gasteiger partial charge in [0.05, 0.1) is 18.8 Å². The van der Waals surface area contributed by atoms with Crippen LogP contribution in [0.15, 0.2) is 6.20 Å². The molecule has 0 saturated heterocycles. The first kappa shape index (κ1) is 15.4. The Bertz CT molecular complexity index is 391. The quantitative estimate of drug-likeness (QED) is 0.686. The van der Waals surface area contributed by atoms with Crippen LogP contribution in [0.25, 0.3) is 0 Å². The van der Waals surface area contributed by atoms with Crippen molar-refractivity contribution in [2.75, 3.05) is 33.9 Å². The van der Waals surface area contributed by atoms with Gasteiger partial charge in [0, 0.05) is 39.0 Å². The summed E-state index contributed by atoms with van der Waals surface area (Å²) < 4.78 is 7.16. The minimum absolute atomic E-state index is 0.644. The summed E-state index contributed by atoms with van der Waals surface area (Å²) in [6, 6.07) is 0.644. The van der Waals surface area contributed by atoms with Crippen LogP contribution in [0.5, 0.6) is 0 Å². The zero-order chi connectivity index (χ0) is 14.4. The molecule has 0 aromatic carbocycles. The average Bonchev–Trinajstić information content (AvgIpc) is 3.20. The fourth-order valence-electron chi connectivity index (χ4n) is 2.55. The SMILES string of the molecule is CNCc1cn(CCN(CCOC)C(C)C2CC2)nn1. The molecule has 1 aromatic heterocycles. The number of ether oxygens (including phenoxy) is 1. The van der Waals surface area contributed by atoms with Gasteiger partial charge in [0.15, 0.2) is 0 Å². The maximum atomic E-state index is 5.23. The van der Waals surface area contributed by atoms with Crippen LogP contribution in [-0.4, -0.2) is 59.8 Å². The lowest BCUT2D eigenvalue weighted by Gasteiger charge is -2.28. The van der Waals surface area contributed by atoms with Gasteiger partial charge in [-0.1, -0.05) is 5.21 Å². The second-order valence-electron chi connectivity index (χ2n) is 5.61. The van der Waals surface area contributed by atoms with Gasteiger partial charge in [-0.3, -0.25) is 9.58 Å². The number of nitrogens with zero attached hydrogens (tertiary/aromatic N) is 4. The Morgan fingerprint density at radius 1 is 1.50 bits per heavy atom. The van der Waals surface area contributed by atoms with Crippen molar-refractivity contribution in [3.8, 4) is 0 Å². The summed E-state index contributed by atoms with van der Waals surface area (Å²) in [6.45, 7) is 6.78. The maximum absolute atomic E-state index is 5.23. The van der Waals surface area contributed by atoms with Gasteiger partial charge in [-0.25, -0.2) is 0 Å². The number of rotatable bonds is 10. The molecule has 0 radical (unpaired) electrons. The van der Waals surface area contributed by atoms with E-state index in [1.165, 1.54) is 12.8 Å². The molecule has 6 heteroatoms. The highest BCUT2D eigenvalue weighted by Crippen LogP contribution is 2.34. The molecule has 114 valence electrons. The van der Waals surface area contributed by atoms with Gasteiger partial charge in [-0.2, -0.15) is 0 Å². The van der Waals surface area contributed by atoms with E-state index in [-0.39, 0.29) is 0 Å². The predicted octanol–water partition coefficient (Wildman–Crippen LogP) is 0.744. The Labute approximate surface area is 121 Å². The summed E-state index contributed by atoms with van der Waals surface area (Å²) in [4.78, 5) is 2.51. The Kier molecular flexibility index (Phi) is 5.94. The fourth-order valence-corrected chi connectivity index (χ4v) is 2.55. The molecule has 0 amide bonds. The van der Waals surface area contributed by atoms with Crippen LogP contribution in [0, 0.1) is 5.92 Å². The number of hydrogen-bond donors (Lipinski definition) is 1. The monoisotopic (exact) mass is 281 g/mol. The van der Waals surface area contributed by atoms with Crippen LogP contribution in [0.1, 0.15) is 25.5 Å². The second-order valence-corrected chi connectivity index (χ2v) is 5.61. The molecule has 1 aliphatic rings. The predicted molar refractivity (Wildman–Crippen MR) is 78.4 cm³/mol. The first-order valence-corrected chi connectivity index (χ1v) is 7.51. The Morgan fingerprint density at radius 3 is 2.95 bits per heavy atom. The molecule has 1 aromatic rings. The van der Waals surface area contributed by atoms with Crippen molar-refractivity contribution in [1.29, 1.82) is 0 Å². The van der Waals surface area contributed by atoms with Gasteiger partial charge in [0.25, 0.3) is 0 Å². The zero-order valence-corrected chi connectivity index (χ0v) is 12.9. The van der Waals surface area contributed by atoms with E-state index in [1.807, 2.05) is 17.9 Å². The van der Waals surface area contributed by atoms with Gasteiger partial charge in [-0.05, 0) is 32.7 Å². The summed E-state index contributed by atoms with van der Waals surface area (Å²) in [7, 11) is 3.68. The summed E-state index contributed by atoms with van der Waals surface area (Å²) in [5.74, 6) is 0.877. The van der Waals surface area contributed by atoms with E-state index in [9.17, 15) is 0 Å². The van der Waals surface area contributed by atoms with Crippen molar-refractivity contribution in [2.24, 2.45) is 5.92 Å². The van der Waals surface area contributed by atoms with Crippen LogP contribution in [0.3, 0.4) is 0 Å². The summed E-state index contributed by atoms with van der Waals surface area (Å²) in [6.07, 6.45) is 4.77. The molecule has 0 spiro atoms. The Hall–Kier alpha value is -0.980. The standard InChI is InChI=1S/C14H27N5O/c1-12(13-4-5-13)18(8-9-20-3)6-7-19-11-14(10-15-2)16-17-19/h11-13,15H,4-10H2,1-3H3. The van der Waals surface area contributed by atoms with Gasteiger partial charge in [0.2, 0.25) is 0 Å². The van der Waals surface area contributed by atoms with E-state index < -0.39 is 0 Å². The zero-order valence-electron chi connectivity index (χ0n) is 12.9. The van der Waals surface area contributed by atoms with Gasteiger partial charge in [0.1, 0.15) is 0 Å². The molecule has 1 heterocycles. The molecule has 1 aliphatic carbocycles. The highest BCUT2D eigenvalue weighted by atomic mass is 16.5. The topological polar surface area (TPSA) is 55.2 Å². The van der Waals surface area contributed by atoms with E-state index in [4.69, 9.17) is 4.74 Å². The summed E-state index contributed by atoms with van der Waals surface area (Å²) in [5, 5.41) is 11.4. The van der Waals surface area contributed by atoms with Crippen LogP contribution < -0.4 is 5.32 Å². The third-order valence-electron chi connectivity index (χ3n) is 4.02. The third kappa shape index (κ3) is 4.54. The number of aromatic nitrogens is 3. The van der Waals surface area contributed by atoms with Crippen molar-refractivity contribution in [1.82, 2.24) is 25.2 Å². The molecule has 20 heavy (non-hydrogen) atoms. The average molecular weight is 281 g/mol. The molecule has 1 fully saturated rings. The van der Waals surface area contributed by atoms with Crippen molar-refractivity contribution < 1.29 is 4.74 Å². The van der Waals surface area contributed by atoms with Crippen LogP contribution in [-0.2, 0) is 17.8 Å². The fraction of sp³-hybridized carbons (Fsp3) is 0.857. The summed E-state index contributed by atoms with van der Waals surface area (Å²) in [5.41, 5.74) is 0.992. The van der Waals surface area contributed by atoms with Crippen LogP contribution in [0.2, 0.25) is 0 Å². The van der Waals surface area contributed by atoms with Crippen molar-refractivity contribution >= 4 is 0 Å². The van der Waals surface area contributed by atoms with Crippen LogP contribution in [0.4, 0.5) is 0 Å². The van der Waals surface area contributed by atoms with Gasteiger partial charge in [-0.15, -0.1) is 5.10 Å². The third-order valence-corrected chi connectivity index (χ3v) is 4.02. The van der Waals surface area contributed by atoms with E-state index in [1.54, 1.807) is 7.11 Å². The van der Waals surface area contributed by atoms with Crippen molar-refractivity contribution in [2.45, 2.75) is 38.9 Å². The number of nitrogens with one attached hydrogen (secondary N) is 1. The smallest absolute Gasteiger partial charge is 0.0964 e. The Balaban J connectivity index is 1.82. The minimum atomic E-state index is 0.644. The van der Waals surface area contributed by atoms with Crippen molar-refractivity contribution in [3.63, 3.8) is 0 Å². The lowest BCUT2D eigenvalue weighted by molar-refractivity contribution is 0.113. The van der Waals surface area contributed by atoms with Crippen LogP contribution >= 0.6 is 0 Å². The second kappa shape index (κ2) is 7.71. The normalized spacial score (nSPS) is 16.8. The van der Waals surface area contributed by atoms with E-state index in [0.29, 0.717) is 6.04 Å². The molecule has 6 nitrogen and oxygen atoms in total. The molecule has 1 atom stereocenters.